The van der Waals surface area contributed by atoms with E-state index in [1.165, 1.54) is 0 Å². The maximum Gasteiger partial charge on any atom is 0.255 e. The molecule has 0 aromatic heterocycles. The fraction of sp³-hybridized carbons (Fsp3) is 0.0800. The van der Waals surface area contributed by atoms with Crippen LogP contribution in [0.3, 0.4) is 0 Å². The van der Waals surface area contributed by atoms with Gasteiger partial charge in [-0.25, -0.2) is 0 Å². The van der Waals surface area contributed by atoms with Gasteiger partial charge in [-0.2, -0.15) is 0 Å². The molecule has 30 heavy (non-hydrogen) atoms. The van der Waals surface area contributed by atoms with Crippen LogP contribution < -0.4 is 10.6 Å². The highest BCUT2D eigenvalue weighted by Crippen LogP contribution is 2.28. The van der Waals surface area contributed by atoms with Crippen molar-refractivity contribution in [3.63, 3.8) is 0 Å². The molecule has 1 aliphatic carbocycles. The average molecular weight is 396 g/mol. The zero-order valence-corrected chi connectivity index (χ0v) is 16.7. The van der Waals surface area contributed by atoms with Crippen LogP contribution in [0.1, 0.15) is 42.2 Å². The van der Waals surface area contributed by atoms with Gasteiger partial charge in [0.25, 0.3) is 5.91 Å². The highest BCUT2D eigenvalue weighted by molar-refractivity contribution is 6.28. The van der Waals surface area contributed by atoms with Crippen LogP contribution in [-0.4, -0.2) is 17.5 Å². The van der Waals surface area contributed by atoms with Crippen LogP contribution in [0.4, 0.5) is 5.69 Å². The number of hydrogen-bond acceptors (Lipinski definition) is 4. The molecule has 5 heteroatoms. The number of ketones is 2. The number of Topliss-reactive ketones (excluding diaryl/α,β-unsaturated/α-hetero) is 2. The van der Waals surface area contributed by atoms with Gasteiger partial charge < -0.3 is 10.6 Å². The van der Waals surface area contributed by atoms with Crippen molar-refractivity contribution in [2.75, 3.05) is 5.32 Å². The van der Waals surface area contributed by atoms with Crippen LogP contribution >= 0.6 is 0 Å². The monoisotopic (exact) mass is 396 g/mol. The lowest BCUT2D eigenvalue weighted by molar-refractivity contribution is 0.0920. The Kier molecular flexibility index (Phi) is 5.02. The van der Waals surface area contributed by atoms with Crippen molar-refractivity contribution in [3.8, 4) is 0 Å². The van der Waals surface area contributed by atoms with Gasteiger partial charge in [0.2, 0.25) is 11.6 Å². The Balaban J connectivity index is 1.80. The Morgan fingerprint density at radius 1 is 0.733 bits per heavy atom. The molecule has 0 heterocycles. The Labute approximate surface area is 174 Å². The smallest absolute Gasteiger partial charge is 0.255 e. The largest absolute Gasteiger partial charge is 0.350 e. The molecule has 2 N–H and O–H groups in total. The molecule has 1 aliphatic rings. The summed E-state index contributed by atoms with van der Waals surface area (Å²) in [6.07, 6.45) is 0. The second-order valence-electron chi connectivity index (χ2n) is 7.22. The summed E-state index contributed by atoms with van der Waals surface area (Å²) in [4.78, 5) is 39.2. The van der Waals surface area contributed by atoms with Crippen molar-refractivity contribution in [2.24, 2.45) is 0 Å². The maximum atomic E-state index is 13.2. The third kappa shape index (κ3) is 3.53. The minimum Gasteiger partial charge on any atom is -0.350 e. The molecule has 0 saturated heterocycles. The van der Waals surface area contributed by atoms with Crippen LogP contribution in [0, 0.1) is 13.8 Å². The summed E-state index contributed by atoms with van der Waals surface area (Å²) in [6, 6.07) is 21.0. The Bertz CT molecular complexity index is 1210. The molecule has 4 rings (SSSR count). The molecule has 148 valence electrons. The van der Waals surface area contributed by atoms with Crippen LogP contribution in [-0.2, 0) is 0 Å². The lowest BCUT2D eigenvalue weighted by atomic mass is 9.90. The first-order chi connectivity index (χ1) is 14.5. The summed E-state index contributed by atoms with van der Waals surface area (Å²) in [5.74, 6) is -1.19. The number of hydrogen-bond donors (Lipinski definition) is 2. The molecule has 3 aromatic rings. The number of allylic oxidation sites excluding steroid dienone is 2. The molecular weight excluding hydrogens is 376 g/mol. The van der Waals surface area contributed by atoms with Gasteiger partial charge >= 0.3 is 0 Å². The fourth-order valence-corrected chi connectivity index (χ4v) is 3.48. The molecule has 0 spiro atoms. The number of carbonyl (C=O) groups is 3. The Morgan fingerprint density at radius 2 is 1.33 bits per heavy atom. The number of rotatable bonds is 4. The van der Waals surface area contributed by atoms with E-state index in [2.05, 4.69) is 10.6 Å². The Morgan fingerprint density at radius 3 is 1.97 bits per heavy atom. The minimum absolute atomic E-state index is 0.0486. The summed E-state index contributed by atoms with van der Waals surface area (Å²) in [7, 11) is 0. The number of fused-ring (bicyclic) bond motifs is 1. The van der Waals surface area contributed by atoms with E-state index in [9.17, 15) is 14.4 Å². The van der Waals surface area contributed by atoms with Gasteiger partial charge in [-0.1, -0.05) is 60.2 Å². The van der Waals surface area contributed by atoms with Gasteiger partial charge in [-0.15, -0.1) is 0 Å². The van der Waals surface area contributed by atoms with Crippen LogP contribution in [0.2, 0.25) is 0 Å². The molecule has 5 nitrogen and oxygen atoms in total. The number of carbonyl (C=O) groups excluding carboxylic acids is 3. The summed E-state index contributed by atoms with van der Waals surface area (Å²) < 4.78 is 0. The predicted octanol–water partition coefficient (Wildman–Crippen LogP) is 4.44. The van der Waals surface area contributed by atoms with E-state index in [1.54, 1.807) is 54.6 Å². The van der Waals surface area contributed by atoms with Crippen molar-refractivity contribution >= 4 is 23.2 Å². The summed E-state index contributed by atoms with van der Waals surface area (Å²) in [5, 5.41) is 5.76. The molecule has 0 atom stereocenters. The van der Waals surface area contributed by atoms with Gasteiger partial charge in [-0.3, -0.25) is 14.4 Å². The van der Waals surface area contributed by atoms with Crippen LogP contribution in [0.5, 0.6) is 0 Å². The number of amides is 1. The molecule has 3 aromatic carbocycles. The van der Waals surface area contributed by atoms with Gasteiger partial charge in [-0.05, 0) is 37.6 Å². The highest BCUT2D eigenvalue weighted by Gasteiger charge is 2.33. The van der Waals surface area contributed by atoms with Gasteiger partial charge in [0.05, 0.1) is 0 Å². The second-order valence-corrected chi connectivity index (χ2v) is 7.22. The number of nitrogens with one attached hydrogen (secondary N) is 2. The van der Waals surface area contributed by atoms with Crippen LogP contribution in [0.15, 0.2) is 84.2 Å². The molecule has 0 aliphatic heterocycles. The minimum atomic E-state index is -0.453. The molecule has 0 bridgehead atoms. The van der Waals surface area contributed by atoms with E-state index >= 15 is 0 Å². The van der Waals surface area contributed by atoms with Crippen LogP contribution in [0.25, 0.3) is 0 Å². The molecule has 0 saturated carbocycles. The number of anilines is 1. The lowest BCUT2D eigenvalue weighted by Gasteiger charge is -2.23. The number of aryl methyl sites for hydroxylation is 2. The quantitative estimate of drug-likeness (QED) is 0.684. The predicted molar refractivity (Wildman–Crippen MR) is 116 cm³/mol. The number of benzene rings is 3. The molecule has 1 amide bonds. The standard InChI is InChI=1S/C25H20N2O3/c1-15-12-13-20(16(2)14-15)26-21-22(27-25(30)17-8-4-3-5-9-17)24(29)19-11-7-6-10-18(19)23(21)28/h3-14,26H,1-2H3,(H,27,30). The van der Waals surface area contributed by atoms with Gasteiger partial charge in [0.1, 0.15) is 11.4 Å². The van der Waals surface area contributed by atoms with Crippen molar-refractivity contribution < 1.29 is 14.4 Å². The lowest BCUT2D eigenvalue weighted by Crippen LogP contribution is -2.36. The van der Waals surface area contributed by atoms with Crippen molar-refractivity contribution in [3.05, 3.63) is 112 Å². The topological polar surface area (TPSA) is 75.3 Å². The third-order valence-electron chi connectivity index (χ3n) is 5.04. The molecular formula is C25H20N2O3. The van der Waals surface area contributed by atoms with E-state index in [-0.39, 0.29) is 22.7 Å². The second kappa shape index (κ2) is 7.79. The van der Waals surface area contributed by atoms with E-state index in [1.807, 2.05) is 32.0 Å². The molecule has 0 radical (unpaired) electrons. The van der Waals surface area contributed by atoms with E-state index in [4.69, 9.17) is 0 Å². The first kappa shape index (κ1) is 19.3. The zero-order valence-electron chi connectivity index (χ0n) is 16.7. The van der Waals surface area contributed by atoms with Crippen molar-refractivity contribution in [1.82, 2.24) is 5.32 Å². The van der Waals surface area contributed by atoms with Crippen molar-refractivity contribution in [2.45, 2.75) is 13.8 Å². The van der Waals surface area contributed by atoms with Gasteiger partial charge in [0.15, 0.2) is 0 Å². The fourth-order valence-electron chi connectivity index (χ4n) is 3.48. The SMILES string of the molecule is Cc1ccc(NC2=C(NC(=O)c3ccccc3)C(=O)c3ccccc3C2=O)c(C)c1. The zero-order chi connectivity index (χ0) is 21.3. The van der Waals surface area contributed by atoms with E-state index in [0.717, 1.165) is 11.1 Å². The first-order valence-corrected chi connectivity index (χ1v) is 9.59. The third-order valence-corrected chi connectivity index (χ3v) is 5.04. The van der Waals surface area contributed by atoms with Crippen molar-refractivity contribution in [1.29, 1.82) is 0 Å². The van der Waals surface area contributed by atoms with Gasteiger partial charge in [0, 0.05) is 22.4 Å². The summed E-state index contributed by atoms with van der Waals surface area (Å²) in [5.41, 5.74) is 3.71. The molecule has 0 unspecified atom stereocenters. The summed E-state index contributed by atoms with van der Waals surface area (Å²) >= 11 is 0. The normalized spacial score (nSPS) is 13.1. The highest BCUT2D eigenvalue weighted by atomic mass is 16.2. The maximum absolute atomic E-state index is 13.2. The average Bonchev–Trinajstić information content (AvgIpc) is 2.76. The van der Waals surface area contributed by atoms with E-state index < -0.39 is 11.7 Å². The first-order valence-electron chi connectivity index (χ1n) is 9.59. The Hall–Kier alpha value is -3.99. The van der Waals surface area contributed by atoms with E-state index in [0.29, 0.717) is 16.8 Å². The molecule has 0 fully saturated rings. The summed E-state index contributed by atoms with van der Waals surface area (Å²) in [6.45, 7) is 3.90.